The van der Waals surface area contributed by atoms with E-state index < -0.39 is 34.5 Å². The number of rotatable bonds is 21. The fraction of sp³-hybridized carbons (Fsp3) is 0.400. The Bertz CT molecular complexity index is 1750. The molecule has 0 radical (unpaired) electrons. The van der Waals surface area contributed by atoms with Gasteiger partial charge in [-0.05, 0) is 108 Å². The molecule has 4 aromatic carbocycles. The molecule has 0 bridgehead atoms. The fourth-order valence-corrected chi connectivity index (χ4v) is 6.43. The summed E-state index contributed by atoms with van der Waals surface area (Å²) in [7, 11) is 9.19. The van der Waals surface area contributed by atoms with Crippen LogP contribution in [-0.4, -0.2) is 86.5 Å². The first-order chi connectivity index (χ1) is 26.0. The number of phenolic OH excluding ortho intramolecular Hbond substituents is 6. The van der Waals surface area contributed by atoms with E-state index in [1.807, 2.05) is 12.1 Å². The monoisotopic (exact) mass is 754 g/mol. The first-order valence-corrected chi connectivity index (χ1v) is 17.2. The lowest BCUT2D eigenvalue weighted by Crippen LogP contribution is -2.25. The minimum absolute atomic E-state index is 0.171. The van der Waals surface area contributed by atoms with Crippen LogP contribution in [0.25, 0.3) is 0 Å². The van der Waals surface area contributed by atoms with Crippen LogP contribution in [0.1, 0.15) is 35.1 Å². The predicted molar refractivity (Wildman–Crippen MR) is 198 cm³/mol. The van der Waals surface area contributed by atoms with Gasteiger partial charge in [-0.2, -0.15) is 0 Å². The van der Waals surface area contributed by atoms with Crippen LogP contribution < -0.4 is 28.4 Å². The molecule has 2 atom stereocenters. The van der Waals surface area contributed by atoms with Crippen molar-refractivity contribution in [2.45, 2.75) is 38.9 Å². The Labute approximate surface area is 314 Å². The smallest absolute Gasteiger partial charge is 0.203 e. The maximum atomic E-state index is 10.3. The van der Waals surface area contributed by atoms with Gasteiger partial charge in [-0.15, -0.1) is 0 Å². The third-order valence-corrected chi connectivity index (χ3v) is 9.10. The van der Waals surface area contributed by atoms with Gasteiger partial charge in [-0.3, -0.25) is 0 Å². The quantitative estimate of drug-likeness (QED) is 0.0415. The van der Waals surface area contributed by atoms with Crippen molar-refractivity contribution in [3.63, 3.8) is 0 Å². The van der Waals surface area contributed by atoms with Crippen LogP contribution in [0.5, 0.6) is 69.0 Å². The predicted octanol–water partition coefficient (Wildman–Crippen LogP) is 6.20. The number of methoxy groups -OCH3 is 6. The Kier molecular flexibility index (Phi) is 14.8. The highest BCUT2D eigenvalue weighted by Gasteiger charge is 2.26. The molecule has 14 nitrogen and oxygen atoms in total. The minimum Gasteiger partial charge on any atom is -0.504 e. The van der Waals surface area contributed by atoms with Gasteiger partial charge in [0.05, 0.1) is 62.5 Å². The molecule has 0 aliphatic carbocycles. The van der Waals surface area contributed by atoms with Crippen LogP contribution in [0.4, 0.5) is 0 Å². The van der Waals surface area contributed by atoms with E-state index in [1.54, 1.807) is 26.4 Å². The van der Waals surface area contributed by atoms with E-state index in [0.29, 0.717) is 77.9 Å². The van der Waals surface area contributed by atoms with Gasteiger partial charge in [-0.25, -0.2) is 0 Å². The van der Waals surface area contributed by atoms with E-state index in [0.717, 1.165) is 11.1 Å². The van der Waals surface area contributed by atoms with E-state index in [4.69, 9.17) is 37.9 Å². The van der Waals surface area contributed by atoms with E-state index in [1.165, 1.54) is 52.7 Å². The van der Waals surface area contributed by atoms with E-state index in [2.05, 4.69) is 0 Å². The van der Waals surface area contributed by atoms with Crippen LogP contribution in [0.2, 0.25) is 0 Å². The molecule has 294 valence electrons. The highest BCUT2D eigenvalue weighted by molar-refractivity contribution is 5.55. The number of hydrogen-bond acceptors (Lipinski definition) is 14. The Morgan fingerprint density at radius 2 is 0.815 bits per heavy atom. The lowest BCUT2D eigenvalue weighted by Gasteiger charge is -2.28. The van der Waals surface area contributed by atoms with Crippen LogP contribution in [0.3, 0.4) is 0 Å². The van der Waals surface area contributed by atoms with Crippen molar-refractivity contribution in [1.82, 2.24) is 0 Å². The van der Waals surface area contributed by atoms with Gasteiger partial charge < -0.3 is 68.5 Å². The van der Waals surface area contributed by atoms with Crippen LogP contribution >= 0.6 is 0 Å². The van der Waals surface area contributed by atoms with Crippen LogP contribution in [-0.2, 0) is 35.5 Å². The number of aromatic hydroxyl groups is 6. The van der Waals surface area contributed by atoms with Gasteiger partial charge in [0.25, 0.3) is 0 Å². The number of hydrogen-bond donors (Lipinski definition) is 6. The maximum absolute atomic E-state index is 10.3. The number of benzene rings is 4. The number of phenols is 6. The van der Waals surface area contributed by atoms with E-state index in [-0.39, 0.29) is 31.7 Å². The van der Waals surface area contributed by atoms with Crippen molar-refractivity contribution in [1.29, 1.82) is 0 Å². The highest BCUT2D eigenvalue weighted by Crippen LogP contribution is 2.42. The third-order valence-electron chi connectivity index (χ3n) is 9.10. The molecule has 0 saturated heterocycles. The zero-order chi connectivity index (χ0) is 39.4. The Morgan fingerprint density at radius 3 is 1.19 bits per heavy atom. The second kappa shape index (κ2) is 19.5. The summed E-state index contributed by atoms with van der Waals surface area (Å²) >= 11 is 0. The van der Waals surface area contributed by atoms with E-state index >= 15 is 0 Å². The normalized spacial score (nSPS) is 12.2. The van der Waals surface area contributed by atoms with Gasteiger partial charge in [-0.1, -0.05) is 0 Å². The molecule has 54 heavy (non-hydrogen) atoms. The van der Waals surface area contributed by atoms with Crippen molar-refractivity contribution in [3.8, 4) is 69.0 Å². The molecule has 0 saturated carbocycles. The fourth-order valence-electron chi connectivity index (χ4n) is 6.43. The Hall–Kier alpha value is -5.60. The summed E-state index contributed by atoms with van der Waals surface area (Å²) in [6.45, 7) is 1.02. The molecule has 0 aliphatic heterocycles. The molecule has 0 heterocycles. The van der Waals surface area contributed by atoms with Crippen molar-refractivity contribution >= 4 is 0 Å². The summed E-state index contributed by atoms with van der Waals surface area (Å²) in [5.74, 6) is -0.653. The average molecular weight is 755 g/mol. The van der Waals surface area contributed by atoms with E-state index in [9.17, 15) is 30.6 Å². The molecule has 4 aromatic rings. The molecule has 6 N–H and O–H groups in total. The first kappa shape index (κ1) is 41.2. The maximum Gasteiger partial charge on any atom is 0.203 e. The summed E-state index contributed by atoms with van der Waals surface area (Å²) < 4.78 is 45.2. The summed E-state index contributed by atoms with van der Waals surface area (Å²) in [5.41, 5.74) is 2.69. The van der Waals surface area contributed by atoms with Crippen molar-refractivity contribution < 1.29 is 68.5 Å². The molecular formula is C40H50O14. The molecule has 0 amide bonds. The highest BCUT2D eigenvalue weighted by atomic mass is 16.5. The lowest BCUT2D eigenvalue weighted by atomic mass is 9.80. The van der Waals surface area contributed by atoms with Gasteiger partial charge in [0, 0.05) is 6.61 Å². The Balaban J connectivity index is 1.59. The second-order valence-electron chi connectivity index (χ2n) is 12.7. The van der Waals surface area contributed by atoms with Crippen molar-refractivity contribution in [3.05, 3.63) is 70.8 Å². The molecule has 4 rings (SSSR count). The molecule has 0 aromatic heterocycles. The summed E-state index contributed by atoms with van der Waals surface area (Å²) in [5, 5.41) is 61.3. The molecule has 0 aliphatic rings. The van der Waals surface area contributed by atoms with Crippen molar-refractivity contribution in [2.24, 2.45) is 11.8 Å². The van der Waals surface area contributed by atoms with Crippen LogP contribution in [0, 0.1) is 11.8 Å². The van der Waals surface area contributed by atoms with Gasteiger partial charge in [0.15, 0.2) is 57.5 Å². The first-order valence-electron chi connectivity index (χ1n) is 17.2. The summed E-state index contributed by atoms with van der Waals surface area (Å²) in [6.07, 6.45) is 1.85. The number of ether oxygens (including phenoxy) is 8. The minimum atomic E-state index is -0.621. The summed E-state index contributed by atoms with van der Waals surface area (Å²) in [6, 6.07) is 12.8. The molecule has 0 unspecified atom stereocenters. The van der Waals surface area contributed by atoms with Gasteiger partial charge in [0.1, 0.15) is 0 Å². The summed E-state index contributed by atoms with van der Waals surface area (Å²) in [4.78, 5) is 0. The average Bonchev–Trinajstić information content (AvgIpc) is 3.16. The standard InChI is InChI=1S/C40H50O14/c1-47-33-16-25(17-34(48-2)39(33)51-5)20-53-9-7-8-27(10-23-12-29(41)37(45)30(42)13-23)28(11-24-14-31(43)38(46)32(44)15-24)22-54-21-26-18-35(49-3)40(52-6)36(19-26)50-4/h12-19,27-28,41-46H,7-11,20-22H2,1-6H3/t27-,28+/m0/s1. The zero-order valence-electron chi connectivity index (χ0n) is 31.4. The Morgan fingerprint density at radius 1 is 0.444 bits per heavy atom. The van der Waals surface area contributed by atoms with Gasteiger partial charge in [0.2, 0.25) is 11.5 Å². The van der Waals surface area contributed by atoms with Crippen LogP contribution in [0.15, 0.2) is 48.5 Å². The molecule has 0 fully saturated rings. The SMILES string of the molecule is COc1cc(COCCC[C@@H](Cc2cc(O)c(O)c(O)c2)[C@@H](COCc2cc(OC)c(OC)c(OC)c2)Cc2cc(O)c(O)c(O)c2)cc(OC)c1OC. The largest absolute Gasteiger partial charge is 0.504 e. The second-order valence-corrected chi connectivity index (χ2v) is 12.7. The molecule has 0 spiro atoms. The zero-order valence-corrected chi connectivity index (χ0v) is 31.4. The third kappa shape index (κ3) is 10.3. The van der Waals surface area contributed by atoms with Gasteiger partial charge >= 0.3 is 0 Å². The van der Waals surface area contributed by atoms with Crippen molar-refractivity contribution in [2.75, 3.05) is 55.9 Å². The molecule has 14 heteroatoms. The topological polar surface area (TPSA) is 195 Å². The molecular weight excluding hydrogens is 704 g/mol. The lowest BCUT2D eigenvalue weighted by molar-refractivity contribution is 0.0578.